The van der Waals surface area contributed by atoms with Crippen LogP contribution >= 0.6 is 0 Å². The molecule has 0 bridgehead atoms. The Balaban J connectivity index is 1.69. The van der Waals surface area contributed by atoms with E-state index in [4.69, 9.17) is 4.18 Å². The maximum atomic E-state index is 13.7. The first-order chi connectivity index (χ1) is 19.0. The maximum Gasteiger partial charge on any atom is 0.475 e. The fourth-order valence-corrected chi connectivity index (χ4v) is 5.18. The highest BCUT2D eigenvalue weighted by Crippen LogP contribution is 2.34. The molecule has 3 aromatic carbocycles. The SMILES string of the molecule is CC(C)C[C@H](NC(=O)Cn1nc(-c2ccccc2OS(=O)(=O)c2cccc(F)c2)cc1-c1ccccc1)B(O)O. The normalized spacial score (nSPS) is 12.2. The molecule has 40 heavy (non-hydrogen) atoms. The van der Waals surface area contributed by atoms with E-state index in [9.17, 15) is 27.7 Å². The number of para-hydroxylation sites is 1. The zero-order valence-corrected chi connectivity index (χ0v) is 22.8. The summed E-state index contributed by atoms with van der Waals surface area (Å²) < 4.78 is 46.3. The maximum absolute atomic E-state index is 13.7. The second kappa shape index (κ2) is 12.5. The van der Waals surface area contributed by atoms with Gasteiger partial charge in [0, 0.05) is 5.56 Å². The summed E-state index contributed by atoms with van der Waals surface area (Å²) in [6.07, 6.45) is 0.365. The molecule has 4 rings (SSSR count). The number of hydrogen-bond acceptors (Lipinski definition) is 7. The highest BCUT2D eigenvalue weighted by molar-refractivity contribution is 7.87. The quantitative estimate of drug-likeness (QED) is 0.187. The van der Waals surface area contributed by atoms with Gasteiger partial charge in [0.15, 0.2) is 5.75 Å². The van der Waals surface area contributed by atoms with Gasteiger partial charge in [-0.15, -0.1) is 0 Å². The van der Waals surface area contributed by atoms with Crippen LogP contribution < -0.4 is 9.50 Å². The van der Waals surface area contributed by atoms with E-state index in [-0.39, 0.29) is 23.1 Å². The van der Waals surface area contributed by atoms with Crippen molar-refractivity contribution in [2.45, 2.75) is 37.6 Å². The molecule has 0 unspecified atom stereocenters. The highest BCUT2D eigenvalue weighted by atomic mass is 32.2. The Bertz CT molecular complexity index is 1580. The molecule has 0 saturated heterocycles. The minimum atomic E-state index is -4.36. The smallest absolute Gasteiger partial charge is 0.426 e. The van der Waals surface area contributed by atoms with Gasteiger partial charge in [0.1, 0.15) is 17.3 Å². The zero-order valence-electron chi connectivity index (χ0n) is 21.9. The predicted molar refractivity (Wildman–Crippen MR) is 149 cm³/mol. The molecular weight excluding hydrogens is 536 g/mol. The molecule has 0 saturated carbocycles. The number of carbonyl (C=O) groups excluding carboxylic acids is 1. The van der Waals surface area contributed by atoms with Crippen LogP contribution in [0.1, 0.15) is 20.3 Å². The summed E-state index contributed by atoms with van der Waals surface area (Å²) in [6, 6.07) is 21.8. The summed E-state index contributed by atoms with van der Waals surface area (Å²) in [4.78, 5) is 12.6. The van der Waals surface area contributed by atoms with E-state index in [1.165, 1.54) is 22.9 Å². The molecule has 0 aliphatic rings. The van der Waals surface area contributed by atoms with Crippen LogP contribution in [0.4, 0.5) is 4.39 Å². The highest BCUT2D eigenvalue weighted by Gasteiger charge is 2.27. The molecule has 0 fully saturated rings. The third-order valence-corrected chi connectivity index (χ3v) is 7.25. The Hall–Kier alpha value is -4.00. The average molecular weight is 565 g/mol. The van der Waals surface area contributed by atoms with Crippen LogP contribution in [0.3, 0.4) is 0 Å². The standard InChI is InChI=1S/C28H29BFN3O6S/c1-19(2)15-27(29(35)36)31-28(34)18-33-25(20-9-4-3-5-10-20)17-24(32-33)23-13-6-7-14-26(23)39-40(37,38)22-12-8-11-21(30)16-22/h3-14,16-17,19,27,35-36H,15,18H2,1-2H3,(H,31,34)/t27-/m0/s1. The molecule has 208 valence electrons. The van der Waals surface area contributed by atoms with Crippen LogP contribution in [0.15, 0.2) is 89.8 Å². The topological polar surface area (TPSA) is 131 Å². The van der Waals surface area contributed by atoms with Gasteiger partial charge in [0.05, 0.1) is 17.3 Å². The largest absolute Gasteiger partial charge is 0.475 e. The van der Waals surface area contributed by atoms with Gasteiger partial charge in [0.25, 0.3) is 0 Å². The summed E-state index contributed by atoms with van der Waals surface area (Å²) in [5, 5.41) is 26.7. The van der Waals surface area contributed by atoms with E-state index in [1.807, 2.05) is 44.2 Å². The van der Waals surface area contributed by atoms with Crippen LogP contribution in [-0.4, -0.2) is 47.2 Å². The molecule has 4 aromatic rings. The molecule has 12 heteroatoms. The number of amides is 1. The summed E-state index contributed by atoms with van der Waals surface area (Å²) >= 11 is 0. The number of hydrogen-bond donors (Lipinski definition) is 3. The monoisotopic (exact) mass is 565 g/mol. The minimum absolute atomic E-state index is 0.0270. The van der Waals surface area contributed by atoms with Crippen LogP contribution in [0.25, 0.3) is 22.5 Å². The fourth-order valence-electron chi connectivity index (χ4n) is 4.20. The zero-order chi connectivity index (χ0) is 28.9. The first-order valence-electron chi connectivity index (χ1n) is 12.6. The molecule has 0 aliphatic carbocycles. The number of nitrogens with zero attached hydrogens (tertiary/aromatic N) is 2. The molecule has 0 aliphatic heterocycles. The van der Waals surface area contributed by atoms with Crippen molar-refractivity contribution in [3.63, 3.8) is 0 Å². The fraction of sp³-hybridized carbons (Fsp3) is 0.214. The third kappa shape index (κ3) is 7.14. The van der Waals surface area contributed by atoms with E-state index >= 15 is 0 Å². The third-order valence-electron chi connectivity index (χ3n) is 6.02. The van der Waals surface area contributed by atoms with Crippen molar-refractivity contribution in [2.24, 2.45) is 5.92 Å². The average Bonchev–Trinajstić information content (AvgIpc) is 3.32. The molecule has 3 N–H and O–H groups in total. The number of benzene rings is 3. The lowest BCUT2D eigenvalue weighted by Gasteiger charge is -2.20. The van der Waals surface area contributed by atoms with Gasteiger partial charge in [-0.25, -0.2) is 4.39 Å². The van der Waals surface area contributed by atoms with Gasteiger partial charge in [-0.3, -0.25) is 9.48 Å². The lowest BCUT2D eigenvalue weighted by molar-refractivity contribution is -0.122. The summed E-state index contributed by atoms with van der Waals surface area (Å²) in [7, 11) is -6.08. The number of carbonyl (C=O) groups is 1. The van der Waals surface area contributed by atoms with Gasteiger partial charge in [-0.05, 0) is 54.3 Å². The van der Waals surface area contributed by atoms with Crippen LogP contribution in [0.5, 0.6) is 5.75 Å². The number of rotatable bonds is 11. The molecular formula is C28H29BFN3O6S. The van der Waals surface area contributed by atoms with Crippen LogP contribution in [0, 0.1) is 11.7 Å². The number of halogens is 1. The van der Waals surface area contributed by atoms with Crippen LogP contribution in [-0.2, 0) is 21.5 Å². The van der Waals surface area contributed by atoms with Crippen molar-refractivity contribution in [1.29, 1.82) is 0 Å². The van der Waals surface area contributed by atoms with E-state index in [2.05, 4.69) is 10.4 Å². The lowest BCUT2D eigenvalue weighted by Crippen LogP contribution is -2.48. The van der Waals surface area contributed by atoms with Crippen molar-refractivity contribution in [3.05, 3.63) is 90.7 Å². The van der Waals surface area contributed by atoms with Gasteiger partial charge < -0.3 is 19.5 Å². The molecule has 1 aromatic heterocycles. The van der Waals surface area contributed by atoms with Gasteiger partial charge in [-0.2, -0.15) is 13.5 Å². The lowest BCUT2D eigenvalue weighted by atomic mass is 9.75. The van der Waals surface area contributed by atoms with Crippen molar-refractivity contribution in [2.75, 3.05) is 0 Å². The molecule has 0 spiro atoms. The van der Waals surface area contributed by atoms with Crippen molar-refractivity contribution < 1.29 is 31.8 Å². The van der Waals surface area contributed by atoms with E-state index in [0.717, 1.165) is 17.7 Å². The van der Waals surface area contributed by atoms with Gasteiger partial charge in [-0.1, -0.05) is 62.4 Å². The Morgan fingerprint density at radius 2 is 1.73 bits per heavy atom. The first-order valence-corrected chi connectivity index (χ1v) is 14.0. The molecule has 1 heterocycles. The molecule has 0 radical (unpaired) electrons. The summed E-state index contributed by atoms with van der Waals surface area (Å²) in [5.41, 5.74) is 1.99. The Kier molecular flexibility index (Phi) is 9.03. The molecule has 1 atom stereocenters. The first kappa shape index (κ1) is 29.0. The van der Waals surface area contributed by atoms with Gasteiger partial charge in [0.2, 0.25) is 5.91 Å². The summed E-state index contributed by atoms with van der Waals surface area (Å²) in [5.74, 6) is -1.97. The molecule has 1 amide bonds. The number of nitrogens with one attached hydrogen (secondary N) is 1. The van der Waals surface area contributed by atoms with Crippen molar-refractivity contribution in [3.8, 4) is 28.3 Å². The predicted octanol–water partition coefficient (Wildman–Crippen LogP) is 3.67. The van der Waals surface area contributed by atoms with Crippen molar-refractivity contribution >= 4 is 23.1 Å². The van der Waals surface area contributed by atoms with E-state index < -0.39 is 34.9 Å². The summed E-state index contributed by atoms with van der Waals surface area (Å²) in [6.45, 7) is 3.57. The Morgan fingerprint density at radius 1 is 1.02 bits per heavy atom. The van der Waals surface area contributed by atoms with Crippen LogP contribution in [0.2, 0.25) is 0 Å². The van der Waals surface area contributed by atoms with E-state index in [1.54, 1.807) is 24.3 Å². The minimum Gasteiger partial charge on any atom is -0.426 e. The second-order valence-electron chi connectivity index (χ2n) is 9.65. The Labute approximate surface area is 232 Å². The van der Waals surface area contributed by atoms with Crippen molar-refractivity contribution in [1.82, 2.24) is 15.1 Å². The Morgan fingerprint density at radius 3 is 2.40 bits per heavy atom. The molecule has 9 nitrogen and oxygen atoms in total. The second-order valence-corrected chi connectivity index (χ2v) is 11.2. The van der Waals surface area contributed by atoms with Gasteiger partial charge >= 0.3 is 17.2 Å². The van der Waals surface area contributed by atoms with E-state index in [0.29, 0.717) is 23.4 Å². The number of aromatic nitrogens is 2.